The summed E-state index contributed by atoms with van der Waals surface area (Å²) in [7, 11) is -2.04. The number of rotatable bonds is 17. The van der Waals surface area contributed by atoms with Crippen molar-refractivity contribution in [2.75, 3.05) is 12.3 Å². The lowest BCUT2D eigenvalue weighted by Crippen LogP contribution is -2.64. The van der Waals surface area contributed by atoms with E-state index in [2.05, 4.69) is 26.3 Å². The zero-order chi connectivity index (χ0) is 42.3. The number of fused-ring (bicyclic) bond motifs is 1. The van der Waals surface area contributed by atoms with Gasteiger partial charge >= 0.3 is 5.97 Å². The molecule has 15 heteroatoms. The van der Waals surface area contributed by atoms with Crippen LogP contribution in [0.25, 0.3) is 11.2 Å². The number of nitriles is 1. The summed E-state index contributed by atoms with van der Waals surface area (Å²) in [6.07, 6.45) is -1.13. The van der Waals surface area contributed by atoms with Gasteiger partial charge in [0.05, 0.1) is 36.5 Å². The number of aliphatic hydroxyl groups is 1. The Kier molecular flexibility index (Phi) is 13.3. The van der Waals surface area contributed by atoms with Crippen molar-refractivity contribution in [3.63, 3.8) is 0 Å². The van der Waals surface area contributed by atoms with E-state index in [1.54, 1.807) is 34.9 Å². The first-order valence-electron chi connectivity index (χ1n) is 19.8. The van der Waals surface area contributed by atoms with Crippen LogP contribution < -0.4 is 11.1 Å². The van der Waals surface area contributed by atoms with Gasteiger partial charge in [-0.3, -0.25) is 14.4 Å². The monoisotopic (exact) mass is 828 g/mol. The molecule has 310 valence electrons. The predicted octanol–water partition coefficient (Wildman–Crippen LogP) is 7.44. The average molecular weight is 829 g/mol. The molecule has 4 aromatic carbocycles. The lowest BCUT2D eigenvalue weighted by Gasteiger charge is -2.45. The molecular formula is C45H49N8O6P. The van der Waals surface area contributed by atoms with Crippen molar-refractivity contribution in [3.8, 4) is 6.07 Å². The molecule has 7 rings (SSSR count). The summed E-state index contributed by atoms with van der Waals surface area (Å²) >= 11 is 0. The molecule has 3 heterocycles. The Hall–Kier alpha value is -5.62. The summed E-state index contributed by atoms with van der Waals surface area (Å²) in [6.45, 7) is 8.06. The zero-order valence-electron chi connectivity index (χ0n) is 33.9. The standard InChI is InChI=1S/C45H49N8O6P/c1-31(2)53(32(3)4)60(56-27-17-26-46)59-43(58-42(54)33-18-9-5-10-19-33)39-44(55,28-37(57-39)52-30-50-38-40(47)48-29-49-41(38)52)51-45(34-20-11-6-12-21-34,35-22-13-7-14-23-35)36-24-15-8-16-25-36/h5-16,18-25,29-32,37,39,43,51,55H,17,27-28H2,1-4H3,(H2,47,48,49)/t37-,39-,43?,44+,60?/m1/s1. The lowest BCUT2D eigenvalue weighted by molar-refractivity contribution is -0.193. The van der Waals surface area contributed by atoms with Gasteiger partial charge in [0.1, 0.15) is 18.1 Å². The second kappa shape index (κ2) is 18.8. The Morgan fingerprint density at radius 3 is 2.02 bits per heavy atom. The highest BCUT2D eigenvalue weighted by atomic mass is 31.2. The molecule has 1 aliphatic rings. The number of aromatic nitrogens is 4. The summed E-state index contributed by atoms with van der Waals surface area (Å²) in [6, 6.07) is 39.9. The van der Waals surface area contributed by atoms with E-state index in [9.17, 15) is 15.2 Å². The maximum Gasteiger partial charge on any atom is 0.340 e. The molecule has 4 N–H and O–H groups in total. The number of nitrogens with one attached hydrogen (secondary N) is 1. The molecule has 0 amide bonds. The molecule has 1 saturated heterocycles. The normalized spacial score (nSPS) is 19.1. The largest absolute Gasteiger partial charge is 0.429 e. The Bertz CT molecular complexity index is 2260. The minimum absolute atomic E-state index is 0.0510. The van der Waals surface area contributed by atoms with Crippen LogP contribution in [0.4, 0.5) is 5.82 Å². The van der Waals surface area contributed by atoms with Crippen LogP contribution in [0.3, 0.4) is 0 Å². The Labute approximate surface area is 350 Å². The Morgan fingerprint density at radius 1 is 0.933 bits per heavy atom. The Morgan fingerprint density at radius 2 is 1.48 bits per heavy atom. The van der Waals surface area contributed by atoms with E-state index in [-0.39, 0.29) is 42.9 Å². The number of hydrogen-bond acceptors (Lipinski definition) is 13. The number of carbonyl (C=O) groups is 1. The van der Waals surface area contributed by atoms with Crippen molar-refractivity contribution in [1.29, 1.82) is 5.26 Å². The molecule has 14 nitrogen and oxygen atoms in total. The second-order valence-corrected chi connectivity index (χ2v) is 16.4. The summed E-state index contributed by atoms with van der Waals surface area (Å²) in [5.41, 5.74) is 6.39. The third kappa shape index (κ3) is 8.80. The first-order valence-corrected chi connectivity index (χ1v) is 21.0. The van der Waals surface area contributed by atoms with Gasteiger partial charge in [0.2, 0.25) is 6.29 Å². The molecule has 1 aliphatic heterocycles. The molecule has 0 saturated carbocycles. The number of carbonyl (C=O) groups excluding carboxylic acids is 1. The minimum Gasteiger partial charge on any atom is -0.429 e. The number of nitrogens with zero attached hydrogens (tertiary/aromatic N) is 6. The molecule has 5 atom stereocenters. The molecule has 0 radical (unpaired) electrons. The fourth-order valence-corrected chi connectivity index (χ4v) is 9.38. The molecule has 60 heavy (non-hydrogen) atoms. The van der Waals surface area contributed by atoms with Gasteiger partial charge in [-0.05, 0) is 56.5 Å². The van der Waals surface area contributed by atoms with Crippen LogP contribution >= 0.6 is 8.53 Å². The first-order chi connectivity index (χ1) is 29.1. The van der Waals surface area contributed by atoms with Crippen LogP contribution in [-0.4, -0.2) is 72.1 Å². The smallest absolute Gasteiger partial charge is 0.340 e. The highest BCUT2D eigenvalue weighted by molar-refractivity contribution is 7.44. The van der Waals surface area contributed by atoms with Gasteiger partial charge in [0, 0.05) is 18.5 Å². The number of nitrogen functional groups attached to an aromatic ring is 1. The molecule has 1 fully saturated rings. The molecule has 2 unspecified atom stereocenters. The number of hydrogen-bond donors (Lipinski definition) is 3. The second-order valence-electron chi connectivity index (χ2n) is 15.0. The van der Waals surface area contributed by atoms with Crippen molar-refractivity contribution >= 4 is 31.5 Å². The van der Waals surface area contributed by atoms with Crippen LogP contribution in [0.2, 0.25) is 0 Å². The van der Waals surface area contributed by atoms with E-state index in [1.807, 2.05) is 123 Å². The summed E-state index contributed by atoms with van der Waals surface area (Å²) in [4.78, 5) is 27.3. The first kappa shape index (κ1) is 42.5. The predicted molar refractivity (Wildman–Crippen MR) is 227 cm³/mol. The van der Waals surface area contributed by atoms with E-state index in [0.29, 0.717) is 11.2 Å². The molecule has 6 aromatic rings. The Balaban J connectivity index is 1.43. The highest BCUT2D eigenvalue weighted by Crippen LogP contribution is 2.51. The third-order valence-corrected chi connectivity index (χ3v) is 12.4. The third-order valence-electron chi connectivity index (χ3n) is 10.3. The van der Waals surface area contributed by atoms with Crippen LogP contribution in [0.1, 0.15) is 73.8 Å². The SMILES string of the molecule is CC(C)N(C(C)C)P(OCCC#N)OC(OC(=O)c1ccccc1)[C@H]1O[C@@H](n2cnc3c(N)ncnc32)C[C@@]1(O)NC(c1ccccc1)(c1ccccc1)c1ccccc1. The maximum absolute atomic E-state index is 14.2. The number of benzene rings is 4. The van der Waals surface area contributed by atoms with E-state index in [4.69, 9.17) is 24.3 Å². The van der Waals surface area contributed by atoms with Crippen LogP contribution in [0.15, 0.2) is 134 Å². The number of ether oxygens (including phenoxy) is 2. The quantitative estimate of drug-likeness (QED) is 0.0271. The van der Waals surface area contributed by atoms with E-state index < -0.39 is 44.4 Å². The van der Waals surface area contributed by atoms with Crippen molar-refractivity contribution in [1.82, 2.24) is 29.5 Å². The van der Waals surface area contributed by atoms with Gasteiger partial charge in [0.15, 0.2) is 23.3 Å². The average Bonchev–Trinajstić information content (AvgIpc) is 3.85. The van der Waals surface area contributed by atoms with Crippen molar-refractivity contribution < 1.29 is 28.4 Å². The molecular weight excluding hydrogens is 780 g/mol. The van der Waals surface area contributed by atoms with Gasteiger partial charge < -0.3 is 24.8 Å². The molecule has 0 aliphatic carbocycles. The number of imidazole rings is 1. The fourth-order valence-electron chi connectivity index (χ4n) is 7.74. The lowest BCUT2D eigenvalue weighted by atomic mass is 9.75. The van der Waals surface area contributed by atoms with E-state index >= 15 is 0 Å². The highest BCUT2D eigenvalue weighted by Gasteiger charge is 2.58. The van der Waals surface area contributed by atoms with Gasteiger partial charge in [-0.2, -0.15) is 5.26 Å². The molecule has 0 spiro atoms. The van der Waals surface area contributed by atoms with Crippen LogP contribution in [-0.2, 0) is 24.1 Å². The van der Waals surface area contributed by atoms with Crippen molar-refractivity contribution in [3.05, 3.63) is 156 Å². The van der Waals surface area contributed by atoms with Gasteiger partial charge in [-0.1, -0.05) is 109 Å². The van der Waals surface area contributed by atoms with E-state index in [1.165, 1.54) is 12.7 Å². The summed E-state index contributed by atoms with van der Waals surface area (Å²) < 4.78 is 30.2. The van der Waals surface area contributed by atoms with Crippen LogP contribution in [0.5, 0.6) is 0 Å². The van der Waals surface area contributed by atoms with E-state index in [0.717, 1.165) is 16.7 Å². The summed E-state index contributed by atoms with van der Waals surface area (Å²) in [5, 5.41) is 26.9. The zero-order valence-corrected chi connectivity index (χ0v) is 34.8. The number of anilines is 1. The van der Waals surface area contributed by atoms with Gasteiger partial charge in [-0.25, -0.2) is 24.4 Å². The number of esters is 1. The van der Waals surface area contributed by atoms with Crippen molar-refractivity contribution in [2.45, 2.75) is 82.5 Å². The van der Waals surface area contributed by atoms with Gasteiger partial charge in [-0.15, -0.1) is 0 Å². The number of nitrogens with two attached hydrogens (primary N) is 1. The maximum atomic E-state index is 14.2. The minimum atomic E-state index is -2.06. The summed E-state index contributed by atoms with van der Waals surface area (Å²) in [5.74, 6) is -0.532. The van der Waals surface area contributed by atoms with Gasteiger partial charge in [0.25, 0.3) is 8.53 Å². The topological polar surface area (TPSA) is 183 Å². The fraction of sp³-hybridized carbons (Fsp3) is 0.311. The van der Waals surface area contributed by atoms with Crippen molar-refractivity contribution in [2.24, 2.45) is 0 Å². The molecule has 0 bridgehead atoms. The van der Waals surface area contributed by atoms with Crippen LogP contribution in [0, 0.1) is 11.3 Å². The molecule has 2 aromatic heterocycles.